The molecule has 0 aliphatic heterocycles. The number of rotatable bonds is 5. The summed E-state index contributed by atoms with van der Waals surface area (Å²) in [5.41, 5.74) is -1.42. The van der Waals surface area contributed by atoms with E-state index in [-0.39, 0.29) is 11.4 Å². The Balaban J connectivity index is 3.20. The molecule has 0 aliphatic carbocycles. The van der Waals surface area contributed by atoms with E-state index < -0.39 is 16.4 Å². The topological polar surface area (TPSA) is 102 Å². The number of nitro groups is 1. The maximum atomic E-state index is 11.0. The summed E-state index contributed by atoms with van der Waals surface area (Å²) >= 11 is 0. The van der Waals surface area contributed by atoms with Gasteiger partial charge in [0.05, 0.1) is 12.0 Å². The van der Waals surface area contributed by atoms with Crippen molar-refractivity contribution in [2.24, 2.45) is 0 Å². The summed E-state index contributed by atoms with van der Waals surface area (Å²) in [5, 5.41) is 22.5. The lowest BCUT2D eigenvalue weighted by molar-refractivity contribution is -0.384. The number of hydrogen-bond donors (Lipinski definition) is 2. The number of hydrogen-bond acceptors (Lipinski definition) is 5. The lowest BCUT2D eigenvalue weighted by Crippen LogP contribution is -2.40. The number of methoxy groups -OCH3 is 1. The molecule has 0 aromatic heterocycles. The van der Waals surface area contributed by atoms with Crippen LogP contribution in [0.4, 0.5) is 11.4 Å². The molecule has 0 radical (unpaired) electrons. The van der Waals surface area contributed by atoms with E-state index in [1.807, 2.05) is 0 Å². The third-order valence-electron chi connectivity index (χ3n) is 2.38. The van der Waals surface area contributed by atoms with E-state index in [1.54, 1.807) is 0 Å². The van der Waals surface area contributed by atoms with Crippen LogP contribution in [-0.4, -0.2) is 28.6 Å². The van der Waals surface area contributed by atoms with Crippen LogP contribution in [0.1, 0.15) is 13.8 Å². The second kappa shape index (κ2) is 4.91. The van der Waals surface area contributed by atoms with Crippen molar-refractivity contribution < 1.29 is 19.6 Å². The predicted octanol–water partition coefficient (Wildman–Crippen LogP) is 1.88. The van der Waals surface area contributed by atoms with Gasteiger partial charge in [-0.15, -0.1) is 0 Å². The van der Waals surface area contributed by atoms with Gasteiger partial charge in [-0.2, -0.15) is 0 Å². The fourth-order valence-electron chi connectivity index (χ4n) is 1.29. The highest BCUT2D eigenvalue weighted by molar-refractivity contribution is 5.83. The zero-order valence-electron chi connectivity index (χ0n) is 10.3. The number of nitrogens with zero attached hydrogens (tertiary/aromatic N) is 1. The zero-order valence-corrected chi connectivity index (χ0v) is 10.3. The molecule has 7 heteroatoms. The number of aliphatic carboxylic acids is 1. The van der Waals surface area contributed by atoms with Gasteiger partial charge in [0, 0.05) is 12.1 Å². The van der Waals surface area contributed by atoms with Crippen molar-refractivity contribution in [1.82, 2.24) is 0 Å². The van der Waals surface area contributed by atoms with E-state index in [0.717, 1.165) is 0 Å². The molecule has 0 heterocycles. The van der Waals surface area contributed by atoms with Gasteiger partial charge in [-0.3, -0.25) is 10.1 Å². The van der Waals surface area contributed by atoms with Crippen molar-refractivity contribution in [1.29, 1.82) is 0 Å². The Morgan fingerprint density at radius 3 is 2.56 bits per heavy atom. The quantitative estimate of drug-likeness (QED) is 0.614. The van der Waals surface area contributed by atoms with Crippen LogP contribution in [0.15, 0.2) is 18.2 Å². The summed E-state index contributed by atoms with van der Waals surface area (Å²) in [5.74, 6) is -0.705. The number of carboxylic acids is 1. The molecule has 0 spiro atoms. The summed E-state index contributed by atoms with van der Waals surface area (Å²) in [7, 11) is 1.42. The minimum absolute atomic E-state index is 0.103. The van der Waals surface area contributed by atoms with Gasteiger partial charge in [0.2, 0.25) is 0 Å². The van der Waals surface area contributed by atoms with Crippen LogP contribution in [0.3, 0.4) is 0 Å². The third kappa shape index (κ3) is 2.88. The van der Waals surface area contributed by atoms with Gasteiger partial charge in [-0.1, -0.05) is 0 Å². The number of nitrogens with one attached hydrogen (secondary N) is 1. The molecule has 2 N–H and O–H groups in total. The molecule has 7 nitrogen and oxygen atoms in total. The number of benzene rings is 1. The molecule has 0 bridgehead atoms. The van der Waals surface area contributed by atoms with E-state index >= 15 is 0 Å². The Morgan fingerprint density at radius 2 is 2.11 bits per heavy atom. The predicted molar refractivity (Wildman–Crippen MR) is 65.0 cm³/mol. The van der Waals surface area contributed by atoms with Crippen molar-refractivity contribution in [3.8, 4) is 5.75 Å². The largest absolute Gasteiger partial charge is 0.497 e. The van der Waals surface area contributed by atoms with E-state index in [0.29, 0.717) is 5.75 Å². The SMILES string of the molecule is COc1ccc([N+](=O)[O-])c(NC(C)(C)C(=O)O)c1. The number of anilines is 1. The molecule has 1 aromatic carbocycles. The molecule has 0 fully saturated rings. The van der Waals surface area contributed by atoms with Gasteiger partial charge in [-0.05, 0) is 19.9 Å². The minimum atomic E-state index is -1.32. The molecule has 1 rings (SSSR count). The Bertz CT molecular complexity index is 484. The number of nitro benzene ring substituents is 1. The highest BCUT2D eigenvalue weighted by Crippen LogP contribution is 2.31. The molecule has 0 saturated carbocycles. The molecule has 98 valence electrons. The zero-order chi connectivity index (χ0) is 13.9. The highest BCUT2D eigenvalue weighted by Gasteiger charge is 2.29. The maximum Gasteiger partial charge on any atom is 0.328 e. The van der Waals surface area contributed by atoms with Crippen molar-refractivity contribution in [2.75, 3.05) is 12.4 Å². The van der Waals surface area contributed by atoms with Crippen LogP contribution in [0, 0.1) is 10.1 Å². The molecule has 0 amide bonds. The van der Waals surface area contributed by atoms with E-state index in [4.69, 9.17) is 9.84 Å². The average molecular weight is 254 g/mol. The highest BCUT2D eigenvalue weighted by atomic mass is 16.6. The van der Waals surface area contributed by atoms with Gasteiger partial charge < -0.3 is 15.2 Å². The van der Waals surface area contributed by atoms with Gasteiger partial charge in [-0.25, -0.2) is 4.79 Å². The normalized spacial score (nSPS) is 10.8. The minimum Gasteiger partial charge on any atom is -0.497 e. The van der Waals surface area contributed by atoms with Crippen molar-refractivity contribution in [2.45, 2.75) is 19.4 Å². The smallest absolute Gasteiger partial charge is 0.328 e. The first-order valence-corrected chi connectivity index (χ1v) is 5.12. The van der Waals surface area contributed by atoms with Gasteiger partial charge in [0.25, 0.3) is 5.69 Å². The first kappa shape index (κ1) is 13.8. The fraction of sp³-hybridized carbons (Fsp3) is 0.364. The summed E-state index contributed by atoms with van der Waals surface area (Å²) in [6.07, 6.45) is 0. The first-order chi connectivity index (χ1) is 8.27. The average Bonchev–Trinajstić information content (AvgIpc) is 2.27. The second-order valence-corrected chi connectivity index (χ2v) is 4.20. The molecule has 0 unspecified atom stereocenters. The second-order valence-electron chi connectivity index (χ2n) is 4.20. The van der Waals surface area contributed by atoms with Crippen LogP contribution in [-0.2, 0) is 4.79 Å². The Kier molecular flexibility index (Phi) is 3.75. The van der Waals surface area contributed by atoms with Crippen LogP contribution >= 0.6 is 0 Å². The van der Waals surface area contributed by atoms with E-state index in [1.165, 1.54) is 39.2 Å². The lowest BCUT2D eigenvalue weighted by Gasteiger charge is -2.22. The van der Waals surface area contributed by atoms with Crippen LogP contribution < -0.4 is 10.1 Å². The fourth-order valence-corrected chi connectivity index (χ4v) is 1.29. The monoisotopic (exact) mass is 254 g/mol. The van der Waals surface area contributed by atoms with Crippen molar-refractivity contribution in [3.63, 3.8) is 0 Å². The van der Waals surface area contributed by atoms with Gasteiger partial charge in [0.1, 0.15) is 17.0 Å². The van der Waals surface area contributed by atoms with Crippen LogP contribution in [0.5, 0.6) is 5.75 Å². The Morgan fingerprint density at radius 1 is 1.50 bits per heavy atom. The summed E-state index contributed by atoms with van der Waals surface area (Å²) in [4.78, 5) is 21.3. The lowest BCUT2D eigenvalue weighted by atomic mass is 10.1. The number of carboxylic acid groups (broad SMARTS) is 1. The molecule has 0 saturated heterocycles. The first-order valence-electron chi connectivity index (χ1n) is 5.12. The molecular weight excluding hydrogens is 240 g/mol. The van der Waals surface area contributed by atoms with Gasteiger partial charge in [0.15, 0.2) is 0 Å². The molecule has 1 aromatic rings. The molecule has 0 atom stereocenters. The Hall–Kier alpha value is -2.31. The third-order valence-corrected chi connectivity index (χ3v) is 2.38. The number of ether oxygens (including phenoxy) is 1. The van der Waals surface area contributed by atoms with Crippen molar-refractivity contribution >= 4 is 17.3 Å². The summed E-state index contributed by atoms with van der Waals surface area (Å²) < 4.78 is 4.95. The summed E-state index contributed by atoms with van der Waals surface area (Å²) in [6.45, 7) is 2.83. The van der Waals surface area contributed by atoms with E-state index in [9.17, 15) is 14.9 Å². The molecular formula is C11H14N2O5. The van der Waals surface area contributed by atoms with Crippen LogP contribution in [0.2, 0.25) is 0 Å². The van der Waals surface area contributed by atoms with Crippen molar-refractivity contribution in [3.05, 3.63) is 28.3 Å². The summed E-state index contributed by atoms with van der Waals surface area (Å²) in [6, 6.07) is 4.10. The van der Waals surface area contributed by atoms with E-state index in [2.05, 4.69) is 5.32 Å². The molecule has 0 aliphatic rings. The van der Waals surface area contributed by atoms with Gasteiger partial charge >= 0.3 is 5.97 Å². The molecule has 18 heavy (non-hydrogen) atoms. The number of carbonyl (C=O) groups is 1. The standard InChI is InChI=1S/C11H14N2O5/c1-11(2,10(14)15)12-8-6-7(18-3)4-5-9(8)13(16)17/h4-6,12H,1-3H3,(H,14,15). The maximum absolute atomic E-state index is 11.0. The Labute approximate surface area is 104 Å². The van der Waals surface area contributed by atoms with Crippen LogP contribution in [0.25, 0.3) is 0 Å².